The van der Waals surface area contributed by atoms with Gasteiger partial charge in [0.05, 0.1) is 23.9 Å². The Hall–Kier alpha value is -3.56. The molecular formula is C22H23F3N6O5S. The van der Waals surface area contributed by atoms with E-state index in [-0.39, 0.29) is 36.6 Å². The zero-order chi connectivity index (χ0) is 26.9. The number of halogens is 3. The Kier molecular flexibility index (Phi) is 7.47. The lowest BCUT2D eigenvalue weighted by molar-refractivity contribution is -0.137. The van der Waals surface area contributed by atoms with Crippen LogP contribution in [0.3, 0.4) is 0 Å². The number of fused-ring (bicyclic) bond motifs is 1. The van der Waals surface area contributed by atoms with Crippen LogP contribution in [0.2, 0.25) is 0 Å². The summed E-state index contributed by atoms with van der Waals surface area (Å²) in [6.07, 6.45) is -1.07. The van der Waals surface area contributed by atoms with E-state index in [9.17, 15) is 27.0 Å². The van der Waals surface area contributed by atoms with Crippen molar-refractivity contribution in [2.24, 2.45) is 0 Å². The van der Waals surface area contributed by atoms with Crippen molar-refractivity contribution in [1.29, 1.82) is 0 Å². The van der Waals surface area contributed by atoms with Crippen LogP contribution in [0.5, 0.6) is 0 Å². The number of aryl methyl sites for hydroxylation is 1. The first-order valence-corrected chi connectivity index (χ1v) is 12.2. The van der Waals surface area contributed by atoms with Gasteiger partial charge < -0.3 is 0 Å². The number of imidazole rings is 1. The molecule has 4 rings (SSSR count). The molecule has 0 spiro atoms. The molecule has 1 N–H and O–H groups in total. The van der Waals surface area contributed by atoms with Crippen LogP contribution in [0.25, 0.3) is 22.6 Å². The maximum atomic E-state index is 13.3. The smallest absolute Gasteiger partial charge is 0.292 e. The van der Waals surface area contributed by atoms with Crippen LogP contribution in [0.15, 0.2) is 46.2 Å². The molecule has 0 bridgehead atoms. The second-order valence-electron chi connectivity index (χ2n) is 8.11. The Morgan fingerprint density at radius 2 is 1.89 bits per heavy atom. The van der Waals surface area contributed by atoms with Crippen molar-refractivity contribution in [1.82, 2.24) is 28.5 Å². The normalized spacial score (nSPS) is 12.9. The summed E-state index contributed by atoms with van der Waals surface area (Å²) in [5.41, 5.74) is -1.17. The summed E-state index contributed by atoms with van der Waals surface area (Å²) < 4.78 is 69.5. The molecule has 1 unspecified atom stereocenters. The molecule has 0 amide bonds. The van der Waals surface area contributed by atoms with Crippen LogP contribution in [-0.2, 0) is 48.1 Å². The van der Waals surface area contributed by atoms with Crippen molar-refractivity contribution >= 4 is 22.5 Å². The van der Waals surface area contributed by atoms with Gasteiger partial charge in [-0.1, -0.05) is 19.1 Å². The van der Waals surface area contributed by atoms with Gasteiger partial charge >= 0.3 is 23.2 Å². The molecule has 1 atom stereocenters. The van der Waals surface area contributed by atoms with Crippen LogP contribution >= 0.6 is 0 Å². The average Bonchev–Trinajstić information content (AvgIpc) is 3.45. The molecule has 3 aromatic heterocycles. The number of hydrogen-bond donors (Lipinski definition) is 1. The molecule has 0 fully saturated rings. The molecular weight excluding hydrogens is 517 g/mol. The lowest BCUT2D eigenvalue weighted by Crippen LogP contribution is -2.40. The Balaban J connectivity index is 1.83. The zero-order valence-electron chi connectivity index (χ0n) is 19.8. The topological polar surface area (TPSA) is 126 Å². The van der Waals surface area contributed by atoms with Gasteiger partial charge in [-0.25, -0.2) is 14.0 Å². The molecule has 0 saturated heterocycles. The zero-order valence-corrected chi connectivity index (χ0v) is 20.6. The highest BCUT2D eigenvalue weighted by molar-refractivity contribution is 7.74. The largest absolute Gasteiger partial charge is 0.416 e. The van der Waals surface area contributed by atoms with Crippen molar-refractivity contribution in [3.8, 4) is 11.4 Å². The molecule has 198 valence electrons. The van der Waals surface area contributed by atoms with Gasteiger partial charge in [-0.05, 0) is 31.0 Å². The fraction of sp³-hybridized carbons (Fsp3) is 0.364. The highest BCUT2D eigenvalue weighted by atomic mass is 32.2. The Morgan fingerprint density at radius 1 is 1.14 bits per heavy atom. The van der Waals surface area contributed by atoms with Crippen molar-refractivity contribution in [3.63, 3.8) is 0 Å². The molecule has 0 saturated carbocycles. The summed E-state index contributed by atoms with van der Waals surface area (Å²) in [5.74, 6) is 0.128. The first kappa shape index (κ1) is 26.5. The summed E-state index contributed by atoms with van der Waals surface area (Å²) >= 11 is -2.65. The van der Waals surface area contributed by atoms with Crippen molar-refractivity contribution in [3.05, 3.63) is 68.6 Å². The quantitative estimate of drug-likeness (QED) is 0.324. The van der Waals surface area contributed by atoms with Crippen molar-refractivity contribution < 1.29 is 26.1 Å². The molecule has 0 aliphatic rings. The van der Waals surface area contributed by atoms with Gasteiger partial charge in [-0.15, -0.1) is 0 Å². The van der Waals surface area contributed by atoms with E-state index >= 15 is 0 Å². The predicted molar refractivity (Wildman–Crippen MR) is 128 cm³/mol. The Labute approximate surface area is 210 Å². The maximum Gasteiger partial charge on any atom is 0.416 e. The second-order valence-corrected chi connectivity index (χ2v) is 8.78. The second kappa shape index (κ2) is 10.4. The number of alkyl halides is 3. The SMILES string of the molecule is CCCn1c(=O)c2c(nc(-c3cnn(Cc4cccc(C(F)(F)F)c4)c3)n2COS(=O)O)n(CC)c1=O. The van der Waals surface area contributed by atoms with Crippen LogP contribution in [0.1, 0.15) is 31.4 Å². The van der Waals surface area contributed by atoms with Crippen LogP contribution in [0, 0.1) is 0 Å². The molecule has 1 aromatic carbocycles. The van der Waals surface area contributed by atoms with Gasteiger partial charge in [0, 0.05) is 19.3 Å². The summed E-state index contributed by atoms with van der Waals surface area (Å²) in [4.78, 5) is 30.6. The molecule has 37 heavy (non-hydrogen) atoms. The number of aromatic nitrogens is 6. The van der Waals surface area contributed by atoms with E-state index in [4.69, 9.17) is 8.74 Å². The van der Waals surface area contributed by atoms with E-state index in [2.05, 4.69) is 10.1 Å². The van der Waals surface area contributed by atoms with E-state index in [1.807, 2.05) is 6.92 Å². The molecule has 0 radical (unpaired) electrons. The first-order valence-electron chi connectivity index (χ1n) is 11.2. The van der Waals surface area contributed by atoms with Gasteiger partial charge in [0.1, 0.15) is 12.6 Å². The number of benzene rings is 1. The summed E-state index contributed by atoms with van der Waals surface area (Å²) in [5, 5.41) is 4.20. The minimum atomic E-state index is -4.48. The average molecular weight is 541 g/mol. The van der Waals surface area contributed by atoms with E-state index < -0.39 is 41.1 Å². The monoisotopic (exact) mass is 540 g/mol. The lowest BCUT2D eigenvalue weighted by Gasteiger charge is -2.10. The first-order chi connectivity index (χ1) is 17.5. The van der Waals surface area contributed by atoms with E-state index in [0.717, 1.165) is 16.7 Å². The number of rotatable bonds is 9. The Morgan fingerprint density at radius 3 is 2.54 bits per heavy atom. The molecule has 0 aliphatic carbocycles. The summed E-state index contributed by atoms with van der Waals surface area (Å²) in [7, 11) is 0. The minimum absolute atomic E-state index is 0.000906. The molecule has 3 heterocycles. The standard InChI is InChI=1S/C22H23F3N6O5S/c1-3-8-30-20(32)17-19(29(4-2)21(30)33)27-18(31(17)13-36-37(34)35)15-10-26-28(12-15)11-14-6-5-7-16(9-14)22(23,24)25/h5-7,9-10,12H,3-4,8,11,13H2,1-2H3,(H,34,35). The third-order valence-corrected chi connectivity index (χ3v) is 5.96. The van der Waals surface area contributed by atoms with Crippen LogP contribution < -0.4 is 11.2 Å². The number of nitrogens with zero attached hydrogens (tertiary/aromatic N) is 6. The summed E-state index contributed by atoms with van der Waals surface area (Å²) in [6, 6.07) is 4.84. The van der Waals surface area contributed by atoms with E-state index in [0.29, 0.717) is 17.5 Å². The van der Waals surface area contributed by atoms with Gasteiger partial charge in [0.15, 0.2) is 11.2 Å². The third kappa shape index (κ3) is 5.28. The highest BCUT2D eigenvalue weighted by Gasteiger charge is 2.30. The lowest BCUT2D eigenvalue weighted by atomic mass is 10.1. The van der Waals surface area contributed by atoms with Crippen molar-refractivity contribution in [2.45, 2.75) is 52.8 Å². The van der Waals surface area contributed by atoms with Gasteiger partial charge in [-0.2, -0.15) is 22.5 Å². The van der Waals surface area contributed by atoms with Gasteiger partial charge in [0.25, 0.3) is 5.56 Å². The van der Waals surface area contributed by atoms with Crippen molar-refractivity contribution in [2.75, 3.05) is 0 Å². The fourth-order valence-electron chi connectivity index (χ4n) is 4.04. The summed E-state index contributed by atoms with van der Waals surface area (Å²) in [6.45, 7) is 3.38. The molecule has 15 heteroatoms. The van der Waals surface area contributed by atoms with Crippen LogP contribution in [-0.4, -0.2) is 37.2 Å². The van der Waals surface area contributed by atoms with Gasteiger partial charge in [0.2, 0.25) is 0 Å². The minimum Gasteiger partial charge on any atom is -0.292 e. The molecule has 0 aliphatic heterocycles. The number of hydrogen-bond acceptors (Lipinski definition) is 6. The van der Waals surface area contributed by atoms with Crippen LogP contribution in [0.4, 0.5) is 13.2 Å². The molecule has 11 nitrogen and oxygen atoms in total. The maximum absolute atomic E-state index is 13.3. The van der Waals surface area contributed by atoms with E-state index in [1.165, 1.54) is 38.3 Å². The fourth-order valence-corrected chi connectivity index (χ4v) is 4.23. The van der Waals surface area contributed by atoms with Gasteiger partial charge in [-0.3, -0.25) is 27.7 Å². The van der Waals surface area contributed by atoms with E-state index in [1.54, 1.807) is 6.92 Å². The highest BCUT2D eigenvalue weighted by Crippen LogP contribution is 2.30. The Bertz CT molecular complexity index is 1590. The third-order valence-electron chi connectivity index (χ3n) is 5.65. The predicted octanol–water partition coefficient (Wildman–Crippen LogP) is 2.83. The molecule has 4 aromatic rings.